The van der Waals surface area contributed by atoms with Crippen molar-refractivity contribution >= 4 is 21.6 Å². The molecule has 1 amide bonds. The van der Waals surface area contributed by atoms with E-state index >= 15 is 0 Å². The summed E-state index contributed by atoms with van der Waals surface area (Å²) >= 11 is 0. The van der Waals surface area contributed by atoms with Crippen molar-refractivity contribution in [2.45, 2.75) is 32.2 Å². The molecule has 1 saturated heterocycles. The summed E-state index contributed by atoms with van der Waals surface area (Å²) in [6.07, 6.45) is 5.51. The van der Waals surface area contributed by atoms with Crippen LogP contribution in [0.5, 0.6) is 0 Å². The lowest BCUT2D eigenvalue weighted by molar-refractivity contribution is -0.134. The van der Waals surface area contributed by atoms with Crippen molar-refractivity contribution in [1.29, 1.82) is 0 Å². The van der Waals surface area contributed by atoms with Gasteiger partial charge in [0.2, 0.25) is 15.9 Å². The average molecular weight is 351 g/mol. The highest BCUT2D eigenvalue weighted by molar-refractivity contribution is 7.92. The first-order valence-electron chi connectivity index (χ1n) is 8.45. The first-order chi connectivity index (χ1) is 11.4. The second-order valence-electron chi connectivity index (χ2n) is 6.99. The van der Waals surface area contributed by atoms with Crippen LogP contribution in [-0.4, -0.2) is 33.7 Å². The molecule has 0 spiro atoms. The van der Waals surface area contributed by atoms with Crippen LogP contribution < -0.4 is 15.4 Å². The third-order valence-corrected chi connectivity index (χ3v) is 5.78. The SMILES string of the molecule is CS(=O)(=O)Nc1cccc(CNC(=O)[C@@]23CCCC[C@H]2CNC3)c1. The molecule has 1 aliphatic carbocycles. The normalized spacial score (nSPS) is 26.6. The minimum atomic E-state index is -3.30. The second-order valence-corrected chi connectivity index (χ2v) is 8.74. The number of sulfonamides is 1. The number of anilines is 1. The Kier molecular flexibility index (Phi) is 4.83. The molecule has 0 aromatic heterocycles. The number of benzene rings is 1. The van der Waals surface area contributed by atoms with E-state index in [0.29, 0.717) is 18.2 Å². The minimum absolute atomic E-state index is 0.124. The van der Waals surface area contributed by atoms with Crippen LogP contribution in [0, 0.1) is 11.3 Å². The molecule has 3 N–H and O–H groups in total. The molecule has 2 aliphatic rings. The van der Waals surface area contributed by atoms with Gasteiger partial charge in [0.1, 0.15) is 0 Å². The number of hydrogen-bond donors (Lipinski definition) is 3. The highest BCUT2D eigenvalue weighted by Crippen LogP contribution is 2.43. The Morgan fingerprint density at radius 2 is 2.21 bits per heavy atom. The molecule has 1 aliphatic heterocycles. The van der Waals surface area contributed by atoms with Crippen molar-refractivity contribution in [1.82, 2.24) is 10.6 Å². The van der Waals surface area contributed by atoms with Crippen molar-refractivity contribution in [2.24, 2.45) is 11.3 Å². The van der Waals surface area contributed by atoms with Gasteiger partial charge in [-0.05, 0) is 43.0 Å². The zero-order chi connectivity index (χ0) is 17.2. The molecule has 2 fully saturated rings. The first kappa shape index (κ1) is 17.2. The number of hydrogen-bond acceptors (Lipinski definition) is 4. The van der Waals surface area contributed by atoms with Crippen LogP contribution in [0.2, 0.25) is 0 Å². The summed E-state index contributed by atoms with van der Waals surface area (Å²) in [4.78, 5) is 12.8. The smallest absolute Gasteiger partial charge is 0.229 e. The third kappa shape index (κ3) is 3.72. The Labute approximate surface area is 143 Å². The lowest BCUT2D eigenvalue weighted by Gasteiger charge is -2.37. The van der Waals surface area contributed by atoms with E-state index < -0.39 is 10.0 Å². The van der Waals surface area contributed by atoms with Crippen molar-refractivity contribution in [3.8, 4) is 0 Å². The molecular weight excluding hydrogens is 326 g/mol. The average Bonchev–Trinajstić information content (AvgIpc) is 2.96. The zero-order valence-electron chi connectivity index (χ0n) is 14.0. The highest BCUT2D eigenvalue weighted by atomic mass is 32.2. The maximum absolute atomic E-state index is 12.8. The predicted molar refractivity (Wildman–Crippen MR) is 94.0 cm³/mol. The molecule has 6 nitrogen and oxygen atoms in total. The number of carbonyl (C=O) groups is 1. The summed E-state index contributed by atoms with van der Waals surface area (Å²) < 4.78 is 25.1. The van der Waals surface area contributed by atoms with E-state index in [1.807, 2.05) is 6.07 Å². The Hall–Kier alpha value is -1.60. The Balaban J connectivity index is 1.65. The summed E-state index contributed by atoms with van der Waals surface area (Å²) in [5, 5.41) is 6.45. The van der Waals surface area contributed by atoms with E-state index in [1.165, 1.54) is 6.42 Å². The number of carbonyl (C=O) groups excluding carboxylic acids is 1. The fourth-order valence-electron chi connectivity index (χ4n) is 4.01. The van der Waals surface area contributed by atoms with E-state index in [2.05, 4.69) is 15.4 Å². The molecule has 1 heterocycles. The molecule has 24 heavy (non-hydrogen) atoms. The fraction of sp³-hybridized carbons (Fsp3) is 0.588. The summed E-state index contributed by atoms with van der Waals surface area (Å²) in [5.41, 5.74) is 1.13. The summed E-state index contributed by atoms with van der Waals surface area (Å²) in [6, 6.07) is 7.12. The van der Waals surface area contributed by atoms with Crippen LogP contribution in [0.4, 0.5) is 5.69 Å². The van der Waals surface area contributed by atoms with Gasteiger partial charge in [0.15, 0.2) is 0 Å². The maximum Gasteiger partial charge on any atom is 0.229 e. The lowest BCUT2D eigenvalue weighted by Crippen LogP contribution is -2.47. The second kappa shape index (κ2) is 6.72. The van der Waals surface area contributed by atoms with E-state index in [9.17, 15) is 13.2 Å². The first-order valence-corrected chi connectivity index (χ1v) is 10.3. The molecule has 132 valence electrons. The van der Waals surface area contributed by atoms with Crippen LogP contribution in [0.25, 0.3) is 0 Å². The van der Waals surface area contributed by atoms with Crippen molar-refractivity contribution in [2.75, 3.05) is 24.1 Å². The van der Waals surface area contributed by atoms with Gasteiger partial charge in [-0.25, -0.2) is 8.42 Å². The summed E-state index contributed by atoms with van der Waals surface area (Å²) in [6.45, 7) is 2.10. The number of amides is 1. The molecule has 1 aromatic rings. The summed E-state index contributed by atoms with van der Waals surface area (Å²) in [7, 11) is -3.30. The molecule has 0 radical (unpaired) electrons. The number of fused-ring (bicyclic) bond motifs is 1. The van der Waals surface area contributed by atoms with Gasteiger partial charge in [-0.3, -0.25) is 9.52 Å². The van der Waals surface area contributed by atoms with E-state index in [-0.39, 0.29) is 11.3 Å². The Morgan fingerprint density at radius 3 is 3.00 bits per heavy atom. The third-order valence-electron chi connectivity index (χ3n) is 5.17. The van der Waals surface area contributed by atoms with E-state index in [1.54, 1.807) is 18.2 Å². The fourth-order valence-corrected chi connectivity index (χ4v) is 4.56. The van der Waals surface area contributed by atoms with Crippen molar-refractivity contribution in [3.63, 3.8) is 0 Å². The van der Waals surface area contributed by atoms with Crippen molar-refractivity contribution < 1.29 is 13.2 Å². The molecule has 1 aromatic carbocycles. The Morgan fingerprint density at radius 1 is 1.38 bits per heavy atom. The van der Waals surface area contributed by atoms with Crippen LogP contribution in [0.1, 0.15) is 31.2 Å². The monoisotopic (exact) mass is 351 g/mol. The van der Waals surface area contributed by atoms with E-state index in [4.69, 9.17) is 0 Å². The van der Waals surface area contributed by atoms with Gasteiger partial charge in [-0.2, -0.15) is 0 Å². The van der Waals surface area contributed by atoms with Gasteiger partial charge in [0, 0.05) is 18.8 Å². The standard InChI is InChI=1S/C17H25N3O3S/c1-24(22,23)20-15-7-4-5-13(9-15)10-19-16(21)17-8-3-2-6-14(17)11-18-12-17/h4-5,7,9,14,18,20H,2-3,6,8,10-12H2,1H3,(H,19,21)/t14-,17+/m0/s1. The molecule has 3 rings (SSSR count). The molecule has 2 atom stereocenters. The molecular formula is C17H25N3O3S. The van der Waals surface area contributed by atoms with Gasteiger partial charge in [-0.1, -0.05) is 25.0 Å². The highest BCUT2D eigenvalue weighted by Gasteiger charge is 2.49. The van der Waals surface area contributed by atoms with E-state index in [0.717, 1.165) is 44.2 Å². The zero-order valence-corrected chi connectivity index (χ0v) is 14.8. The largest absolute Gasteiger partial charge is 0.351 e. The van der Waals surface area contributed by atoms with Gasteiger partial charge in [0.25, 0.3) is 0 Å². The Bertz CT molecular complexity index is 720. The topological polar surface area (TPSA) is 87.3 Å². The maximum atomic E-state index is 12.8. The molecule has 0 unspecified atom stereocenters. The molecule has 1 saturated carbocycles. The van der Waals surface area contributed by atoms with Gasteiger partial charge in [-0.15, -0.1) is 0 Å². The van der Waals surface area contributed by atoms with Crippen LogP contribution in [-0.2, 0) is 21.4 Å². The predicted octanol–water partition coefficient (Wildman–Crippen LogP) is 1.45. The quantitative estimate of drug-likeness (QED) is 0.749. The molecule has 0 bridgehead atoms. The van der Waals surface area contributed by atoms with Crippen LogP contribution in [0.3, 0.4) is 0 Å². The van der Waals surface area contributed by atoms with Gasteiger partial charge < -0.3 is 10.6 Å². The van der Waals surface area contributed by atoms with Gasteiger partial charge >= 0.3 is 0 Å². The summed E-state index contributed by atoms with van der Waals surface area (Å²) in [5.74, 6) is 0.558. The number of rotatable bonds is 5. The number of nitrogens with one attached hydrogen (secondary N) is 3. The van der Waals surface area contributed by atoms with Crippen LogP contribution in [0.15, 0.2) is 24.3 Å². The van der Waals surface area contributed by atoms with Crippen molar-refractivity contribution in [3.05, 3.63) is 29.8 Å². The minimum Gasteiger partial charge on any atom is -0.351 e. The molecule has 7 heteroatoms. The lowest BCUT2D eigenvalue weighted by atomic mass is 9.67. The van der Waals surface area contributed by atoms with Gasteiger partial charge in [0.05, 0.1) is 11.7 Å². The van der Waals surface area contributed by atoms with Crippen LogP contribution >= 0.6 is 0 Å².